The Kier molecular flexibility index (Phi) is 8.19. The zero-order valence-corrected chi connectivity index (χ0v) is 31.7. The Labute approximate surface area is 337 Å². The fraction of sp³-hybridized carbons (Fsp3) is 0. The maximum atomic E-state index is 6.24. The molecule has 2 heteroatoms. The quantitative estimate of drug-likeness (QED) is 0.162. The zero-order chi connectivity index (χ0) is 38.4. The number of furan rings is 1. The molecule has 0 N–H and O–H groups in total. The van der Waals surface area contributed by atoms with Crippen LogP contribution < -0.4 is 4.90 Å². The lowest BCUT2D eigenvalue weighted by Gasteiger charge is -2.26. The first-order chi connectivity index (χ1) is 28.7. The minimum absolute atomic E-state index is 0.901. The van der Waals surface area contributed by atoms with Crippen LogP contribution in [0.1, 0.15) is 0 Å². The highest BCUT2D eigenvalue weighted by molar-refractivity contribution is 6.12. The molecule has 0 fully saturated rings. The van der Waals surface area contributed by atoms with E-state index < -0.39 is 0 Å². The van der Waals surface area contributed by atoms with Crippen LogP contribution in [-0.2, 0) is 0 Å². The highest BCUT2D eigenvalue weighted by Gasteiger charge is 2.17. The van der Waals surface area contributed by atoms with Crippen molar-refractivity contribution in [3.8, 4) is 44.5 Å². The van der Waals surface area contributed by atoms with Crippen molar-refractivity contribution < 1.29 is 4.42 Å². The summed E-state index contributed by atoms with van der Waals surface area (Å²) in [6.45, 7) is 0. The van der Waals surface area contributed by atoms with Crippen molar-refractivity contribution in [3.63, 3.8) is 0 Å². The molecule has 0 amide bonds. The van der Waals surface area contributed by atoms with Crippen LogP contribution in [0.25, 0.3) is 88.0 Å². The average molecular weight is 740 g/mol. The minimum Gasteiger partial charge on any atom is -0.456 e. The molecule has 0 saturated carbocycles. The van der Waals surface area contributed by atoms with Crippen LogP contribution in [0.4, 0.5) is 17.1 Å². The Hall–Kier alpha value is -7.68. The summed E-state index contributed by atoms with van der Waals surface area (Å²) < 4.78 is 6.24. The van der Waals surface area contributed by atoms with Gasteiger partial charge >= 0.3 is 0 Å². The second-order valence-corrected chi connectivity index (χ2v) is 14.9. The standard InChI is InChI=1S/C56H37NO/c1-2-12-44-36-46(27-26-38(44)10-1)40-24-22-39(23-25-40)45-14-7-15-49(37-45)57(47-32-28-42(29-33-47)51-18-8-13-41-11-3-4-16-50(41)51)48-34-30-43(31-35-48)52-19-9-21-55-56(52)53-17-5-6-20-54(53)58-55/h1-37H. The number of fused-ring (bicyclic) bond motifs is 5. The van der Waals surface area contributed by atoms with E-state index in [0.717, 1.165) is 55.7 Å². The molecule has 0 atom stereocenters. The Morgan fingerprint density at radius 2 is 0.793 bits per heavy atom. The molecule has 1 aromatic heterocycles. The van der Waals surface area contributed by atoms with Gasteiger partial charge in [0.1, 0.15) is 11.2 Å². The molecule has 10 aromatic carbocycles. The van der Waals surface area contributed by atoms with E-state index in [0.29, 0.717) is 0 Å². The first-order valence-electron chi connectivity index (χ1n) is 19.8. The van der Waals surface area contributed by atoms with Crippen molar-refractivity contribution in [2.45, 2.75) is 0 Å². The van der Waals surface area contributed by atoms with Gasteiger partial charge in [-0.15, -0.1) is 0 Å². The van der Waals surface area contributed by atoms with Gasteiger partial charge in [-0.25, -0.2) is 0 Å². The van der Waals surface area contributed by atoms with Crippen LogP contribution in [0.3, 0.4) is 0 Å². The van der Waals surface area contributed by atoms with Gasteiger partial charge in [0.25, 0.3) is 0 Å². The van der Waals surface area contributed by atoms with Crippen LogP contribution >= 0.6 is 0 Å². The van der Waals surface area contributed by atoms with Crippen molar-refractivity contribution in [3.05, 3.63) is 224 Å². The third-order valence-corrected chi connectivity index (χ3v) is 11.5. The lowest BCUT2D eigenvalue weighted by Crippen LogP contribution is -2.10. The van der Waals surface area contributed by atoms with Crippen LogP contribution in [0.15, 0.2) is 229 Å². The third-order valence-electron chi connectivity index (χ3n) is 11.5. The van der Waals surface area contributed by atoms with Gasteiger partial charge in [-0.3, -0.25) is 0 Å². The van der Waals surface area contributed by atoms with E-state index >= 15 is 0 Å². The number of rotatable bonds is 7. The third kappa shape index (κ3) is 6.00. The van der Waals surface area contributed by atoms with Crippen molar-refractivity contribution in [1.82, 2.24) is 0 Å². The molecular weight excluding hydrogens is 703 g/mol. The summed E-state index contributed by atoms with van der Waals surface area (Å²) in [6.07, 6.45) is 0. The normalized spacial score (nSPS) is 11.4. The van der Waals surface area contributed by atoms with E-state index in [2.05, 4.69) is 217 Å². The fourth-order valence-electron chi connectivity index (χ4n) is 8.57. The van der Waals surface area contributed by atoms with E-state index in [1.54, 1.807) is 0 Å². The van der Waals surface area contributed by atoms with E-state index in [1.165, 1.54) is 49.4 Å². The molecule has 0 aliphatic rings. The highest BCUT2D eigenvalue weighted by Crippen LogP contribution is 2.41. The topological polar surface area (TPSA) is 16.4 Å². The summed E-state index contributed by atoms with van der Waals surface area (Å²) in [5, 5.41) is 7.28. The Morgan fingerprint density at radius 3 is 1.55 bits per heavy atom. The molecule has 2 nitrogen and oxygen atoms in total. The minimum atomic E-state index is 0.901. The van der Waals surface area contributed by atoms with Crippen molar-refractivity contribution >= 4 is 60.5 Å². The van der Waals surface area contributed by atoms with Gasteiger partial charge in [-0.05, 0) is 121 Å². The SMILES string of the molecule is c1cc(-c2ccc(-c3ccc4ccccc4c3)cc2)cc(N(c2ccc(-c3cccc4ccccc34)cc2)c2ccc(-c3cccc4oc5ccccc5c34)cc2)c1. The number of hydrogen-bond acceptors (Lipinski definition) is 2. The van der Waals surface area contributed by atoms with E-state index in [9.17, 15) is 0 Å². The second-order valence-electron chi connectivity index (χ2n) is 14.9. The molecular formula is C56H37NO. The molecule has 11 aromatic rings. The molecule has 0 spiro atoms. The lowest BCUT2D eigenvalue weighted by molar-refractivity contribution is 0.669. The first kappa shape index (κ1) is 33.6. The first-order valence-corrected chi connectivity index (χ1v) is 19.8. The van der Waals surface area contributed by atoms with Gasteiger partial charge in [0.15, 0.2) is 0 Å². The number of nitrogens with zero attached hydrogens (tertiary/aromatic N) is 1. The molecule has 11 rings (SSSR count). The summed E-state index contributed by atoms with van der Waals surface area (Å²) in [5.41, 5.74) is 14.6. The molecule has 0 aliphatic heterocycles. The summed E-state index contributed by atoms with van der Waals surface area (Å²) >= 11 is 0. The molecule has 1 heterocycles. The van der Waals surface area contributed by atoms with E-state index in [1.807, 2.05) is 12.1 Å². The van der Waals surface area contributed by atoms with Crippen LogP contribution in [0.2, 0.25) is 0 Å². The maximum Gasteiger partial charge on any atom is 0.136 e. The number of hydrogen-bond donors (Lipinski definition) is 0. The fourth-order valence-corrected chi connectivity index (χ4v) is 8.57. The van der Waals surface area contributed by atoms with Gasteiger partial charge in [0.05, 0.1) is 0 Å². The molecule has 0 unspecified atom stereocenters. The predicted octanol–water partition coefficient (Wildman–Crippen LogP) is 16.0. The Morgan fingerprint density at radius 1 is 0.276 bits per heavy atom. The average Bonchev–Trinajstić information content (AvgIpc) is 3.69. The van der Waals surface area contributed by atoms with Gasteiger partial charge in [0, 0.05) is 27.8 Å². The van der Waals surface area contributed by atoms with Crippen molar-refractivity contribution in [1.29, 1.82) is 0 Å². The van der Waals surface area contributed by atoms with Crippen molar-refractivity contribution in [2.75, 3.05) is 4.90 Å². The van der Waals surface area contributed by atoms with Crippen LogP contribution in [0, 0.1) is 0 Å². The zero-order valence-electron chi connectivity index (χ0n) is 31.7. The lowest BCUT2D eigenvalue weighted by atomic mass is 9.97. The largest absolute Gasteiger partial charge is 0.456 e. The highest BCUT2D eigenvalue weighted by atomic mass is 16.3. The van der Waals surface area contributed by atoms with Gasteiger partial charge < -0.3 is 9.32 Å². The molecule has 0 bridgehead atoms. The number of para-hydroxylation sites is 1. The van der Waals surface area contributed by atoms with Gasteiger partial charge in [-0.1, -0.05) is 170 Å². The van der Waals surface area contributed by atoms with Gasteiger partial charge in [0.2, 0.25) is 0 Å². The molecule has 272 valence electrons. The van der Waals surface area contributed by atoms with Gasteiger partial charge in [-0.2, -0.15) is 0 Å². The predicted molar refractivity (Wildman–Crippen MR) is 245 cm³/mol. The molecule has 0 aliphatic carbocycles. The number of benzene rings is 10. The summed E-state index contributed by atoms with van der Waals surface area (Å²) in [5.74, 6) is 0. The second kappa shape index (κ2) is 14.1. The van der Waals surface area contributed by atoms with Crippen molar-refractivity contribution in [2.24, 2.45) is 0 Å². The molecule has 0 radical (unpaired) electrons. The van der Waals surface area contributed by atoms with Crippen LogP contribution in [0.5, 0.6) is 0 Å². The number of anilines is 3. The summed E-state index contributed by atoms with van der Waals surface area (Å²) in [7, 11) is 0. The molecule has 58 heavy (non-hydrogen) atoms. The Balaban J connectivity index is 0.983. The smallest absolute Gasteiger partial charge is 0.136 e. The van der Waals surface area contributed by atoms with E-state index in [-0.39, 0.29) is 0 Å². The molecule has 0 saturated heterocycles. The Bertz CT molecular complexity index is 3260. The summed E-state index contributed by atoms with van der Waals surface area (Å²) in [4.78, 5) is 2.36. The van der Waals surface area contributed by atoms with E-state index in [4.69, 9.17) is 4.42 Å². The monoisotopic (exact) mass is 739 g/mol. The van der Waals surface area contributed by atoms with Crippen LogP contribution in [-0.4, -0.2) is 0 Å². The maximum absolute atomic E-state index is 6.24. The summed E-state index contributed by atoms with van der Waals surface area (Å²) in [6, 6.07) is 80.7.